The van der Waals surface area contributed by atoms with Crippen molar-refractivity contribution in [1.82, 2.24) is 0 Å². The van der Waals surface area contributed by atoms with Gasteiger partial charge in [-0.2, -0.15) is 0 Å². The van der Waals surface area contributed by atoms with Gasteiger partial charge in [0.1, 0.15) is 5.75 Å². The third-order valence-corrected chi connectivity index (χ3v) is 4.93. The second kappa shape index (κ2) is 5.40. The highest BCUT2D eigenvalue weighted by Gasteiger charge is 2.36. The maximum Gasteiger partial charge on any atom is 0.119 e. The van der Waals surface area contributed by atoms with Crippen molar-refractivity contribution in [3.8, 4) is 5.75 Å². The summed E-state index contributed by atoms with van der Waals surface area (Å²) in [6, 6.07) is 8.15. The van der Waals surface area contributed by atoms with Gasteiger partial charge in [-0.25, -0.2) is 0 Å². The maximum atomic E-state index is 11.0. The van der Waals surface area contributed by atoms with Crippen LogP contribution in [-0.4, -0.2) is 11.2 Å². The summed E-state index contributed by atoms with van der Waals surface area (Å²) in [6.45, 7) is 4.53. The van der Waals surface area contributed by atoms with Crippen molar-refractivity contribution in [1.29, 1.82) is 0 Å². The second-order valence-electron chi connectivity index (χ2n) is 6.97. The van der Waals surface area contributed by atoms with Crippen LogP contribution in [-0.2, 0) is 5.60 Å². The summed E-state index contributed by atoms with van der Waals surface area (Å²) in [5, 5.41) is 11.0. The van der Waals surface area contributed by atoms with Crippen molar-refractivity contribution in [2.45, 2.75) is 64.1 Å². The van der Waals surface area contributed by atoms with Gasteiger partial charge >= 0.3 is 0 Å². The molecule has 0 radical (unpaired) electrons. The third kappa shape index (κ3) is 3.01. The summed E-state index contributed by atoms with van der Waals surface area (Å²) in [6.07, 6.45) is 6.96. The monoisotopic (exact) mass is 274 g/mol. The number of hydrogen-bond donors (Lipinski definition) is 1. The fraction of sp³-hybridized carbons (Fsp3) is 0.667. The Labute approximate surface area is 122 Å². The first-order valence-corrected chi connectivity index (χ1v) is 8.06. The molecule has 2 atom stereocenters. The zero-order valence-electron chi connectivity index (χ0n) is 12.6. The summed E-state index contributed by atoms with van der Waals surface area (Å²) in [4.78, 5) is 0. The van der Waals surface area contributed by atoms with Crippen LogP contribution in [0.1, 0.15) is 57.9 Å². The van der Waals surface area contributed by atoms with Crippen LogP contribution >= 0.6 is 0 Å². The minimum absolute atomic E-state index is 0.434. The van der Waals surface area contributed by atoms with Gasteiger partial charge < -0.3 is 9.84 Å². The van der Waals surface area contributed by atoms with Crippen LogP contribution in [0.3, 0.4) is 0 Å². The van der Waals surface area contributed by atoms with E-state index in [-0.39, 0.29) is 0 Å². The number of rotatable bonds is 4. The summed E-state index contributed by atoms with van der Waals surface area (Å²) in [5.74, 6) is 2.23. The minimum atomic E-state index is -0.634. The highest BCUT2D eigenvalue weighted by atomic mass is 16.5. The topological polar surface area (TPSA) is 29.5 Å². The average molecular weight is 274 g/mol. The molecule has 1 aromatic rings. The molecule has 1 N–H and O–H groups in total. The first-order valence-electron chi connectivity index (χ1n) is 8.06. The van der Waals surface area contributed by atoms with E-state index in [4.69, 9.17) is 4.74 Å². The van der Waals surface area contributed by atoms with E-state index in [9.17, 15) is 5.11 Å². The van der Waals surface area contributed by atoms with Crippen molar-refractivity contribution in [2.24, 2.45) is 11.8 Å². The smallest absolute Gasteiger partial charge is 0.119 e. The third-order valence-electron chi connectivity index (χ3n) is 4.93. The fourth-order valence-electron chi connectivity index (χ4n) is 3.35. The fourth-order valence-corrected chi connectivity index (χ4v) is 3.35. The molecular weight excluding hydrogens is 248 g/mol. The van der Waals surface area contributed by atoms with Crippen LogP contribution in [0.15, 0.2) is 24.3 Å². The lowest BCUT2D eigenvalue weighted by Gasteiger charge is -2.39. The minimum Gasteiger partial charge on any atom is -0.490 e. The molecule has 0 bridgehead atoms. The Kier molecular flexibility index (Phi) is 3.76. The Morgan fingerprint density at radius 1 is 1.15 bits per heavy atom. The van der Waals surface area contributed by atoms with E-state index in [1.54, 1.807) is 0 Å². The standard InChI is InChI=1S/C18H26O2/c1-13(2)14-4-3-11-18(19,12-14)15-5-7-16(8-6-15)20-17-9-10-17/h5-8,13-14,17,19H,3-4,9-12H2,1-2H3. The summed E-state index contributed by atoms with van der Waals surface area (Å²) in [5.41, 5.74) is 0.427. The van der Waals surface area contributed by atoms with Crippen molar-refractivity contribution < 1.29 is 9.84 Å². The predicted octanol–water partition coefficient (Wildman–Crippen LogP) is 4.26. The molecule has 0 amide bonds. The first-order chi connectivity index (χ1) is 9.57. The lowest BCUT2D eigenvalue weighted by molar-refractivity contribution is -0.0295. The van der Waals surface area contributed by atoms with E-state index in [1.165, 1.54) is 19.3 Å². The van der Waals surface area contributed by atoms with Crippen LogP contribution in [0.5, 0.6) is 5.75 Å². The summed E-state index contributed by atoms with van der Waals surface area (Å²) in [7, 11) is 0. The van der Waals surface area contributed by atoms with Gasteiger partial charge in [0, 0.05) is 0 Å². The van der Waals surface area contributed by atoms with E-state index < -0.39 is 5.60 Å². The largest absolute Gasteiger partial charge is 0.490 e. The van der Waals surface area contributed by atoms with Gasteiger partial charge in [0.25, 0.3) is 0 Å². The summed E-state index contributed by atoms with van der Waals surface area (Å²) < 4.78 is 5.78. The highest BCUT2D eigenvalue weighted by Crippen LogP contribution is 2.42. The van der Waals surface area contributed by atoms with E-state index in [0.29, 0.717) is 17.9 Å². The molecule has 2 fully saturated rings. The quantitative estimate of drug-likeness (QED) is 0.889. The first kappa shape index (κ1) is 13.9. The number of hydrogen-bond acceptors (Lipinski definition) is 2. The molecule has 0 spiro atoms. The van der Waals surface area contributed by atoms with Crippen molar-refractivity contribution in [3.63, 3.8) is 0 Å². The molecule has 2 saturated carbocycles. The molecule has 0 aliphatic heterocycles. The van der Waals surface area contributed by atoms with Gasteiger partial charge in [0.15, 0.2) is 0 Å². The molecule has 2 aliphatic carbocycles. The molecule has 0 saturated heterocycles. The van der Waals surface area contributed by atoms with Gasteiger partial charge in [0.2, 0.25) is 0 Å². The number of benzene rings is 1. The van der Waals surface area contributed by atoms with Gasteiger partial charge in [-0.1, -0.05) is 26.0 Å². The number of ether oxygens (including phenoxy) is 1. The molecule has 0 aromatic heterocycles. The zero-order chi connectivity index (χ0) is 14.2. The molecule has 1 aromatic carbocycles. The molecule has 2 heteroatoms. The predicted molar refractivity (Wildman–Crippen MR) is 80.8 cm³/mol. The molecule has 2 nitrogen and oxygen atoms in total. The summed E-state index contributed by atoms with van der Waals surface area (Å²) >= 11 is 0. The highest BCUT2D eigenvalue weighted by molar-refractivity contribution is 5.31. The van der Waals surface area contributed by atoms with Crippen molar-refractivity contribution >= 4 is 0 Å². The van der Waals surface area contributed by atoms with E-state index >= 15 is 0 Å². The van der Waals surface area contributed by atoms with Crippen molar-refractivity contribution in [3.05, 3.63) is 29.8 Å². The molecular formula is C18H26O2. The second-order valence-corrected chi connectivity index (χ2v) is 6.97. The van der Waals surface area contributed by atoms with Gasteiger partial charge in [-0.15, -0.1) is 0 Å². The Morgan fingerprint density at radius 3 is 2.45 bits per heavy atom. The molecule has 20 heavy (non-hydrogen) atoms. The van der Waals surface area contributed by atoms with Crippen molar-refractivity contribution in [2.75, 3.05) is 0 Å². The van der Waals surface area contributed by atoms with Gasteiger partial charge in [0.05, 0.1) is 11.7 Å². The van der Waals surface area contributed by atoms with Gasteiger partial charge in [-0.05, 0) is 68.1 Å². The Bertz CT molecular complexity index is 447. The SMILES string of the molecule is CC(C)C1CCCC(O)(c2ccc(OC3CC3)cc2)C1. The van der Waals surface area contributed by atoms with E-state index in [2.05, 4.69) is 26.0 Å². The molecule has 0 heterocycles. The van der Waals surface area contributed by atoms with Crippen LogP contribution in [0, 0.1) is 11.8 Å². The molecule has 2 unspecified atom stereocenters. The Morgan fingerprint density at radius 2 is 1.85 bits per heavy atom. The van der Waals surface area contributed by atoms with E-state index in [1.807, 2.05) is 12.1 Å². The van der Waals surface area contributed by atoms with Crippen LogP contribution < -0.4 is 4.74 Å². The lowest BCUT2D eigenvalue weighted by atomic mass is 9.71. The zero-order valence-corrected chi connectivity index (χ0v) is 12.6. The molecule has 2 aliphatic rings. The maximum absolute atomic E-state index is 11.0. The Hall–Kier alpha value is -1.02. The number of aliphatic hydroxyl groups is 1. The molecule has 3 rings (SSSR count). The van der Waals surface area contributed by atoms with Gasteiger partial charge in [-0.3, -0.25) is 0 Å². The Balaban J connectivity index is 1.72. The molecule has 110 valence electrons. The van der Waals surface area contributed by atoms with Crippen LogP contribution in [0.4, 0.5) is 0 Å². The van der Waals surface area contributed by atoms with Crippen LogP contribution in [0.25, 0.3) is 0 Å². The lowest BCUT2D eigenvalue weighted by Crippen LogP contribution is -2.34. The average Bonchev–Trinajstić information content (AvgIpc) is 3.23. The van der Waals surface area contributed by atoms with E-state index in [0.717, 1.165) is 30.6 Å². The van der Waals surface area contributed by atoms with Crippen LogP contribution in [0.2, 0.25) is 0 Å². The normalized spacial score (nSPS) is 30.5.